The van der Waals surface area contributed by atoms with Crippen molar-refractivity contribution in [2.24, 2.45) is 0 Å². The van der Waals surface area contributed by atoms with Gasteiger partial charge in [-0.1, -0.05) is 12.1 Å². The molecule has 0 spiro atoms. The number of hydrogen-bond donors (Lipinski definition) is 2. The van der Waals surface area contributed by atoms with Crippen molar-refractivity contribution in [1.29, 1.82) is 0 Å². The molecule has 1 aromatic carbocycles. The van der Waals surface area contributed by atoms with Crippen LogP contribution >= 0.6 is 0 Å². The lowest BCUT2D eigenvalue weighted by atomic mass is 10.1. The highest BCUT2D eigenvalue weighted by atomic mass is 19.1. The van der Waals surface area contributed by atoms with Crippen molar-refractivity contribution in [2.45, 2.75) is 25.8 Å². The number of aliphatic hydroxyl groups excluding tert-OH is 1. The normalized spacial score (nSPS) is 10.7. The van der Waals surface area contributed by atoms with E-state index in [2.05, 4.69) is 5.32 Å². The lowest BCUT2D eigenvalue weighted by Crippen LogP contribution is -2.22. The van der Waals surface area contributed by atoms with Gasteiger partial charge in [-0.3, -0.25) is 0 Å². The van der Waals surface area contributed by atoms with E-state index in [-0.39, 0.29) is 12.4 Å². The summed E-state index contributed by atoms with van der Waals surface area (Å²) in [5, 5.41) is 11.8. The summed E-state index contributed by atoms with van der Waals surface area (Å²) in [6.07, 6.45) is 2.75. The van der Waals surface area contributed by atoms with Gasteiger partial charge in [0.25, 0.3) is 0 Å². The van der Waals surface area contributed by atoms with Crippen molar-refractivity contribution in [3.05, 3.63) is 29.6 Å². The molecule has 4 heteroatoms. The summed E-state index contributed by atoms with van der Waals surface area (Å²) in [5.41, 5.74) is 1.65. The molecule has 1 aromatic rings. The average molecular weight is 254 g/mol. The van der Waals surface area contributed by atoms with Gasteiger partial charge in [-0.05, 0) is 37.9 Å². The van der Waals surface area contributed by atoms with E-state index >= 15 is 0 Å². The van der Waals surface area contributed by atoms with Crippen LogP contribution in [0.15, 0.2) is 18.2 Å². The maximum atomic E-state index is 13.9. The van der Waals surface area contributed by atoms with Crippen molar-refractivity contribution < 1.29 is 9.50 Å². The monoisotopic (exact) mass is 254 g/mol. The number of nitrogens with one attached hydrogen (secondary N) is 1. The summed E-state index contributed by atoms with van der Waals surface area (Å²) in [6, 6.07) is 5.18. The largest absolute Gasteiger partial charge is 0.396 e. The zero-order valence-corrected chi connectivity index (χ0v) is 11.2. The highest BCUT2D eigenvalue weighted by molar-refractivity contribution is 5.54. The number of rotatable bonds is 8. The molecular formula is C14H23FN2O. The standard InChI is InChI=1S/C14H23FN2O/c1-16-11-12-7-6-8-13(15)14(12)17(2)9-4-3-5-10-18/h6-8,16,18H,3-5,9-11H2,1-2H3. The predicted octanol–water partition coefficient (Wildman–Crippen LogP) is 2.14. The summed E-state index contributed by atoms with van der Waals surface area (Å²) >= 11 is 0. The molecule has 0 aliphatic heterocycles. The van der Waals surface area contributed by atoms with Crippen molar-refractivity contribution in [1.82, 2.24) is 5.32 Å². The number of hydrogen-bond acceptors (Lipinski definition) is 3. The van der Waals surface area contributed by atoms with Gasteiger partial charge in [0.2, 0.25) is 0 Å². The Morgan fingerprint density at radius 2 is 2.06 bits per heavy atom. The van der Waals surface area contributed by atoms with Crippen LogP contribution in [0.25, 0.3) is 0 Å². The molecule has 0 unspecified atom stereocenters. The molecule has 0 fully saturated rings. The fourth-order valence-corrected chi connectivity index (χ4v) is 2.07. The number of aliphatic hydroxyl groups is 1. The fourth-order valence-electron chi connectivity index (χ4n) is 2.07. The molecule has 102 valence electrons. The number of anilines is 1. The van der Waals surface area contributed by atoms with Crippen LogP contribution in [0, 0.1) is 5.82 Å². The lowest BCUT2D eigenvalue weighted by molar-refractivity contribution is 0.283. The van der Waals surface area contributed by atoms with Crippen LogP contribution in [0.5, 0.6) is 0 Å². The van der Waals surface area contributed by atoms with E-state index in [1.807, 2.05) is 25.1 Å². The van der Waals surface area contributed by atoms with Crippen LogP contribution in [0.4, 0.5) is 10.1 Å². The summed E-state index contributed by atoms with van der Waals surface area (Å²) in [4.78, 5) is 1.96. The van der Waals surface area contributed by atoms with Crippen LogP contribution in [0.3, 0.4) is 0 Å². The number of para-hydroxylation sites is 1. The van der Waals surface area contributed by atoms with Crippen molar-refractivity contribution >= 4 is 5.69 Å². The lowest BCUT2D eigenvalue weighted by Gasteiger charge is -2.23. The Morgan fingerprint density at radius 1 is 1.28 bits per heavy atom. The Balaban J connectivity index is 2.67. The van der Waals surface area contributed by atoms with Gasteiger partial charge in [0, 0.05) is 26.7 Å². The quantitative estimate of drug-likeness (QED) is 0.698. The molecule has 3 nitrogen and oxygen atoms in total. The summed E-state index contributed by atoms with van der Waals surface area (Å²) < 4.78 is 13.9. The highest BCUT2D eigenvalue weighted by Crippen LogP contribution is 2.23. The van der Waals surface area contributed by atoms with Crippen molar-refractivity contribution in [3.8, 4) is 0 Å². The molecule has 0 heterocycles. The van der Waals surface area contributed by atoms with Crippen LogP contribution in [0.1, 0.15) is 24.8 Å². The molecule has 0 aliphatic carbocycles. The first kappa shape index (κ1) is 14.9. The summed E-state index contributed by atoms with van der Waals surface area (Å²) in [7, 11) is 3.77. The highest BCUT2D eigenvalue weighted by Gasteiger charge is 2.11. The number of halogens is 1. The second-order valence-corrected chi connectivity index (χ2v) is 4.48. The van der Waals surface area contributed by atoms with E-state index < -0.39 is 0 Å². The van der Waals surface area contributed by atoms with Gasteiger partial charge in [0.15, 0.2) is 0 Å². The maximum absolute atomic E-state index is 13.9. The minimum absolute atomic E-state index is 0.174. The van der Waals surface area contributed by atoms with Crippen LogP contribution in [-0.2, 0) is 6.54 Å². The van der Waals surface area contributed by atoms with Crippen molar-refractivity contribution in [2.75, 3.05) is 32.1 Å². The van der Waals surface area contributed by atoms with E-state index in [1.54, 1.807) is 6.07 Å². The average Bonchev–Trinajstić information content (AvgIpc) is 2.35. The third-order valence-corrected chi connectivity index (χ3v) is 2.97. The second-order valence-electron chi connectivity index (χ2n) is 4.48. The first-order valence-electron chi connectivity index (χ1n) is 6.44. The van der Waals surface area contributed by atoms with E-state index in [0.29, 0.717) is 12.2 Å². The Hall–Kier alpha value is -1.13. The first-order valence-corrected chi connectivity index (χ1v) is 6.44. The zero-order valence-electron chi connectivity index (χ0n) is 11.2. The molecule has 18 heavy (non-hydrogen) atoms. The molecule has 0 saturated carbocycles. The molecule has 0 bridgehead atoms. The Morgan fingerprint density at radius 3 is 2.72 bits per heavy atom. The van der Waals surface area contributed by atoms with Crippen LogP contribution in [-0.4, -0.2) is 32.4 Å². The fraction of sp³-hybridized carbons (Fsp3) is 0.571. The van der Waals surface area contributed by atoms with Gasteiger partial charge in [0.05, 0.1) is 5.69 Å². The predicted molar refractivity (Wildman–Crippen MR) is 73.4 cm³/mol. The molecule has 0 atom stereocenters. The van der Waals surface area contributed by atoms with Crippen LogP contribution < -0.4 is 10.2 Å². The molecule has 1 rings (SSSR count). The molecular weight excluding hydrogens is 231 g/mol. The third kappa shape index (κ3) is 4.27. The van der Waals surface area contributed by atoms with Crippen LogP contribution in [0.2, 0.25) is 0 Å². The molecule has 0 radical (unpaired) electrons. The number of unbranched alkanes of at least 4 members (excludes halogenated alkanes) is 2. The SMILES string of the molecule is CNCc1cccc(F)c1N(C)CCCCCO. The van der Waals surface area contributed by atoms with E-state index in [1.165, 1.54) is 6.07 Å². The van der Waals surface area contributed by atoms with Crippen molar-refractivity contribution in [3.63, 3.8) is 0 Å². The van der Waals surface area contributed by atoms with Gasteiger partial charge in [-0.25, -0.2) is 4.39 Å². The maximum Gasteiger partial charge on any atom is 0.146 e. The second kappa shape index (κ2) is 8.06. The minimum Gasteiger partial charge on any atom is -0.396 e. The summed E-state index contributed by atoms with van der Waals surface area (Å²) in [6.45, 7) is 1.69. The van der Waals surface area contributed by atoms with Gasteiger partial charge < -0.3 is 15.3 Å². The Labute approximate surface area is 109 Å². The number of nitrogens with zero attached hydrogens (tertiary/aromatic N) is 1. The number of benzene rings is 1. The molecule has 0 saturated heterocycles. The topological polar surface area (TPSA) is 35.5 Å². The molecule has 0 aliphatic rings. The molecule has 0 amide bonds. The van der Waals surface area contributed by atoms with E-state index in [4.69, 9.17) is 5.11 Å². The van der Waals surface area contributed by atoms with Gasteiger partial charge in [-0.15, -0.1) is 0 Å². The third-order valence-electron chi connectivity index (χ3n) is 2.97. The summed E-state index contributed by atoms with van der Waals surface area (Å²) in [5.74, 6) is -0.174. The van der Waals surface area contributed by atoms with Gasteiger partial charge in [-0.2, -0.15) is 0 Å². The van der Waals surface area contributed by atoms with E-state index in [9.17, 15) is 4.39 Å². The zero-order chi connectivity index (χ0) is 13.4. The smallest absolute Gasteiger partial charge is 0.146 e. The van der Waals surface area contributed by atoms with Gasteiger partial charge in [0.1, 0.15) is 5.82 Å². The Bertz CT molecular complexity index is 358. The molecule has 0 aromatic heterocycles. The Kier molecular flexibility index (Phi) is 6.68. The van der Waals surface area contributed by atoms with Gasteiger partial charge >= 0.3 is 0 Å². The van der Waals surface area contributed by atoms with E-state index in [0.717, 1.165) is 31.4 Å². The molecule has 2 N–H and O–H groups in total. The minimum atomic E-state index is -0.174. The first-order chi connectivity index (χ1) is 8.70.